The fraction of sp³-hybridized carbons (Fsp3) is 0.448. The Morgan fingerprint density at radius 2 is 1.75 bits per heavy atom. The Kier molecular flexibility index (Phi) is 8.44. The SMILES string of the molecule is CCCOc1ccc(C([O-])=C2C(=O)C(=O)N(CC[NH+]3CCOCC3)C2c2ccc(C(C)C)cc2)cc1. The monoisotopic (exact) mass is 492 g/mol. The van der Waals surface area contributed by atoms with E-state index in [1.165, 1.54) is 4.90 Å². The Balaban J connectivity index is 1.69. The number of ether oxygens (including phenoxy) is 2. The molecule has 0 spiro atoms. The van der Waals surface area contributed by atoms with E-state index in [1.807, 2.05) is 31.2 Å². The van der Waals surface area contributed by atoms with Gasteiger partial charge in [-0.2, -0.15) is 0 Å². The van der Waals surface area contributed by atoms with Crippen LogP contribution in [0, 0.1) is 0 Å². The second kappa shape index (κ2) is 11.7. The molecular weight excluding hydrogens is 456 g/mol. The normalized spacial score (nSPS) is 20.3. The van der Waals surface area contributed by atoms with Gasteiger partial charge in [0.25, 0.3) is 5.91 Å². The van der Waals surface area contributed by atoms with Crippen LogP contribution >= 0.6 is 0 Å². The predicted molar refractivity (Wildman–Crippen MR) is 136 cm³/mol. The van der Waals surface area contributed by atoms with Crippen molar-refractivity contribution in [1.29, 1.82) is 0 Å². The number of ketones is 1. The van der Waals surface area contributed by atoms with Crippen molar-refractivity contribution >= 4 is 17.4 Å². The predicted octanol–water partition coefficient (Wildman–Crippen LogP) is 1.74. The summed E-state index contributed by atoms with van der Waals surface area (Å²) in [7, 11) is 0. The maximum atomic E-state index is 13.6. The highest BCUT2D eigenvalue weighted by atomic mass is 16.5. The van der Waals surface area contributed by atoms with Crippen LogP contribution in [0.1, 0.15) is 55.8 Å². The van der Waals surface area contributed by atoms with E-state index < -0.39 is 23.5 Å². The summed E-state index contributed by atoms with van der Waals surface area (Å²) >= 11 is 0. The van der Waals surface area contributed by atoms with E-state index in [2.05, 4.69) is 13.8 Å². The zero-order valence-electron chi connectivity index (χ0n) is 21.4. The van der Waals surface area contributed by atoms with Crippen molar-refractivity contribution in [1.82, 2.24) is 4.90 Å². The number of hydrogen-bond acceptors (Lipinski definition) is 5. The third kappa shape index (κ3) is 5.63. The molecule has 0 radical (unpaired) electrons. The van der Waals surface area contributed by atoms with E-state index in [1.54, 1.807) is 29.2 Å². The standard InChI is InChI=1S/C29H36N2O5/c1-4-17-36-24-11-9-23(10-12-24)27(32)25-26(22-7-5-21(6-8-22)20(2)3)31(29(34)28(25)33)14-13-30-15-18-35-19-16-30/h5-12,20,26,32H,4,13-19H2,1-3H3. The molecule has 0 saturated carbocycles. The fourth-order valence-electron chi connectivity index (χ4n) is 4.78. The highest BCUT2D eigenvalue weighted by Crippen LogP contribution is 2.39. The minimum absolute atomic E-state index is 0.0245. The summed E-state index contributed by atoms with van der Waals surface area (Å²) in [4.78, 5) is 29.4. The summed E-state index contributed by atoms with van der Waals surface area (Å²) in [5.41, 5.74) is 2.34. The number of nitrogens with one attached hydrogen (secondary N) is 1. The summed E-state index contributed by atoms with van der Waals surface area (Å²) in [6.07, 6.45) is 0.883. The molecule has 0 aromatic heterocycles. The number of carbonyl (C=O) groups excluding carboxylic acids is 2. The van der Waals surface area contributed by atoms with Gasteiger partial charge in [-0.15, -0.1) is 0 Å². The maximum absolute atomic E-state index is 13.6. The molecule has 1 atom stereocenters. The van der Waals surface area contributed by atoms with Crippen LogP contribution in [-0.4, -0.2) is 62.6 Å². The fourth-order valence-corrected chi connectivity index (χ4v) is 4.78. The Morgan fingerprint density at radius 1 is 1.08 bits per heavy atom. The molecule has 1 amide bonds. The number of carbonyl (C=O) groups is 2. The molecule has 36 heavy (non-hydrogen) atoms. The van der Waals surface area contributed by atoms with E-state index in [0.29, 0.717) is 50.1 Å². The molecule has 2 saturated heterocycles. The summed E-state index contributed by atoms with van der Waals surface area (Å²) in [5, 5.41) is 13.6. The van der Waals surface area contributed by atoms with E-state index in [4.69, 9.17) is 9.47 Å². The topological polar surface area (TPSA) is 83.3 Å². The number of likely N-dealkylation sites (tertiary alicyclic amines) is 1. The minimum atomic E-state index is -0.707. The molecule has 1 unspecified atom stereocenters. The number of quaternary nitrogens is 1. The number of nitrogens with zero attached hydrogens (tertiary/aromatic N) is 1. The summed E-state index contributed by atoms with van der Waals surface area (Å²) in [6, 6.07) is 14.0. The summed E-state index contributed by atoms with van der Waals surface area (Å²) in [5.74, 6) is -0.698. The Hall–Kier alpha value is -3.16. The van der Waals surface area contributed by atoms with Crippen LogP contribution in [-0.2, 0) is 14.3 Å². The molecule has 7 nitrogen and oxygen atoms in total. The lowest BCUT2D eigenvalue weighted by atomic mass is 9.93. The number of hydrogen-bond donors (Lipinski definition) is 1. The van der Waals surface area contributed by atoms with Gasteiger partial charge < -0.3 is 24.4 Å². The zero-order valence-corrected chi connectivity index (χ0v) is 21.4. The molecule has 2 aromatic carbocycles. The van der Waals surface area contributed by atoms with E-state index in [-0.39, 0.29) is 5.57 Å². The van der Waals surface area contributed by atoms with Gasteiger partial charge >= 0.3 is 0 Å². The number of amides is 1. The average Bonchev–Trinajstić information content (AvgIpc) is 3.16. The first-order valence-electron chi connectivity index (χ1n) is 12.9. The van der Waals surface area contributed by atoms with Crippen molar-refractivity contribution in [2.45, 2.75) is 39.2 Å². The Bertz CT molecular complexity index is 1090. The number of rotatable bonds is 9. The van der Waals surface area contributed by atoms with Crippen molar-refractivity contribution in [2.75, 3.05) is 46.0 Å². The minimum Gasteiger partial charge on any atom is -0.872 e. The largest absolute Gasteiger partial charge is 0.872 e. The molecule has 0 bridgehead atoms. The van der Waals surface area contributed by atoms with Crippen LogP contribution in [0.4, 0.5) is 0 Å². The van der Waals surface area contributed by atoms with Crippen LogP contribution < -0.4 is 14.7 Å². The van der Waals surface area contributed by atoms with Crippen LogP contribution in [0.3, 0.4) is 0 Å². The van der Waals surface area contributed by atoms with Gasteiger partial charge in [0.2, 0.25) is 5.78 Å². The van der Waals surface area contributed by atoms with Gasteiger partial charge in [-0.3, -0.25) is 9.59 Å². The lowest BCUT2D eigenvalue weighted by Crippen LogP contribution is -3.14. The third-order valence-corrected chi connectivity index (χ3v) is 6.94. The second-order valence-corrected chi connectivity index (χ2v) is 9.78. The first kappa shape index (κ1) is 25.9. The lowest BCUT2D eigenvalue weighted by molar-refractivity contribution is -0.907. The van der Waals surface area contributed by atoms with Crippen LogP contribution in [0.2, 0.25) is 0 Å². The maximum Gasteiger partial charge on any atom is 0.295 e. The van der Waals surface area contributed by atoms with Crippen LogP contribution in [0.15, 0.2) is 54.1 Å². The average molecular weight is 493 g/mol. The van der Waals surface area contributed by atoms with Crippen LogP contribution in [0.25, 0.3) is 5.76 Å². The number of benzene rings is 2. The van der Waals surface area contributed by atoms with Gasteiger partial charge in [-0.1, -0.05) is 62.9 Å². The van der Waals surface area contributed by atoms with Gasteiger partial charge in [0, 0.05) is 5.57 Å². The van der Waals surface area contributed by atoms with Gasteiger partial charge in [-0.05, 0) is 41.2 Å². The molecule has 2 aliphatic rings. The van der Waals surface area contributed by atoms with Crippen LogP contribution in [0.5, 0.6) is 5.75 Å². The molecule has 4 rings (SSSR count). The molecule has 0 aliphatic carbocycles. The van der Waals surface area contributed by atoms with Gasteiger partial charge in [0.05, 0.1) is 39.0 Å². The van der Waals surface area contributed by atoms with Gasteiger partial charge in [-0.25, -0.2) is 0 Å². The molecular formula is C29H36N2O5. The van der Waals surface area contributed by atoms with E-state index in [0.717, 1.165) is 30.6 Å². The zero-order chi connectivity index (χ0) is 25.7. The highest BCUT2D eigenvalue weighted by Gasteiger charge is 2.44. The Morgan fingerprint density at radius 3 is 2.36 bits per heavy atom. The molecule has 192 valence electrons. The lowest BCUT2D eigenvalue weighted by Gasteiger charge is -2.30. The van der Waals surface area contributed by atoms with Crippen molar-refractivity contribution in [3.63, 3.8) is 0 Å². The summed E-state index contributed by atoms with van der Waals surface area (Å²) in [6.45, 7) is 11.1. The quantitative estimate of drug-likeness (QED) is 0.328. The van der Waals surface area contributed by atoms with Crippen molar-refractivity contribution in [2.24, 2.45) is 0 Å². The molecule has 2 aromatic rings. The molecule has 7 heteroatoms. The van der Waals surface area contributed by atoms with Gasteiger partial charge in [0.1, 0.15) is 18.8 Å². The van der Waals surface area contributed by atoms with Crippen molar-refractivity contribution in [3.8, 4) is 5.75 Å². The first-order chi connectivity index (χ1) is 17.4. The van der Waals surface area contributed by atoms with Crippen molar-refractivity contribution < 1.29 is 29.1 Å². The second-order valence-electron chi connectivity index (χ2n) is 9.78. The smallest absolute Gasteiger partial charge is 0.295 e. The first-order valence-corrected chi connectivity index (χ1v) is 12.9. The van der Waals surface area contributed by atoms with E-state index in [9.17, 15) is 14.7 Å². The summed E-state index contributed by atoms with van der Waals surface area (Å²) < 4.78 is 11.1. The van der Waals surface area contributed by atoms with Crippen molar-refractivity contribution in [3.05, 3.63) is 70.8 Å². The van der Waals surface area contributed by atoms with Gasteiger partial charge in [0.15, 0.2) is 0 Å². The third-order valence-electron chi connectivity index (χ3n) is 6.94. The molecule has 2 aliphatic heterocycles. The van der Waals surface area contributed by atoms with E-state index >= 15 is 0 Å². The number of Topliss-reactive ketones (excluding diaryl/α,β-unsaturated/α-hetero) is 1. The number of morpholine rings is 1. The molecule has 1 N–H and O–H groups in total. The highest BCUT2D eigenvalue weighted by molar-refractivity contribution is 6.46. The molecule has 2 fully saturated rings. The Labute approximate surface area is 213 Å². The molecule has 2 heterocycles.